The van der Waals surface area contributed by atoms with E-state index in [0.717, 1.165) is 37.2 Å². The number of alkyl halides is 3. The molecule has 2 aromatic carbocycles. The van der Waals surface area contributed by atoms with Gasteiger partial charge in [0.15, 0.2) is 0 Å². The maximum atomic E-state index is 12.6. The van der Waals surface area contributed by atoms with Gasteiger partial charge in [-0.2, -0.15) is 0 Å². The number of carbonyl (C=O) groups is 1. The Labute approximate surface area is 217 Å². The third kappa shape index (κ3) is 5.93. The van der Waals surface area contributed by atoms with Gasteiger partial charge in [0.05, 0.1) is 18.7 Å². The van der Waals surface area contributed by atoms with Gasteiger partial charge in [0.25, 0.3) is 0 Å². The monoisotopic (exact) mass is 540 g/mol. The van der Waals surface area contributed by atoms with Crippen LogP contribution in [0.5, 0.6) is 5.75 Å². The SMILES string of the molecule is C=C(c1ccc(Cl)c(Cn2ccc3cc(OC(F)(F)F)ccc32)c1Cl)N1CCC(CC(=O)OC)CC1. The number of benzene rings is 2. The van der Waals surface area contributed by atoms with Crippen LogP contribution < -0.4 is 4.74 Å². The molecular formula is C26H25Cl2F3N2O3. The second-order valence-corrected chi connectivity index (χ2v) is 9.54. The molecule has 2 heterocycles. The number of methoxy groups -OCH3 is 1. The second kappa shape index (κ2) is 10.6. The van der Waals surface area contributed by atoms with Crippen LogP contribution in [0, 0.1) is 5.92 Å². The zero-order chi connectivity index (χ0) is 26.0. The predicted molar refractivity (Wildman–Crippen MR) is 134 cm³/mol. The van der Waals surface area contributed by atoms with E-state index in [9.17, 15) is 18.0 Å². The minimum Gasteiger partial charge on any atom is -0.469 e. The maximum Gasteiger partial charge on any atom is 0.573 e. The molecule has 0 spiro atoms. The quantitative estimate of drug-likeness (QED) is 0.298. The van der Waals surface area contributed by atoms with E-state index in [1.807, 2.05) is 10.6 Å². The number of carbonyl (C=O) groups excluding carboxylic acids is 1. The Balaban J connectivity index is 1.52. The average molecular weight is 541 g/mol. The van der Waals surface area contributed by atoms with Crippen LogP contribution in [0.2, 0.25) is 10.0 Å². The number of hydrogen-bond donors (Lipinski definition) is 0. The summed E-state index contributed by atoms with van der Waals surface area (Å²) in [6.45, 7) is 6.08. The van der Waals surface area contributed by atoms with Crippen LogP contribution in [-0.2, 0) is 16.1 Å². The molecule has 4 rings (SSSR count). The standard InChI is InChI=1S/C26H25Cl2F3N2O3/c1-16(32-10-7-17(8-11-32)13-24(34)35-2)20-4-5-22(27)21(25(20)28)15-33-12-9-18-14-19(3-6-23(18)33)36-26(29,30)31/h3-6,9,12,14,17H,1,7-8,10-11,13,15H2,2H3. The molecule has 1 aliphatic heterocycles. The fraction of sp³-hybridized carbons (Fsp3) is 0.346. The van der Waals surface area contributed by atoms with E-state index in [4.69, 9.17) is 27.9 Å². The van der Waals surface area contributed by atoms with Gasteiger partial charge in [0.2, 0.25) is 0 Å². The van der Waals surface area contributed by atoms with Crippen molar-refractivity contribution in [1.29, 1.82) is 0 Å². The number of esters is 1. The fourth-order valence-corrected chi connectivity index (χ4v) is 5.14. The maximum absolute atomic E-state index is 12.6. The lowest BCUT2D eigenvalue weighted by Gasteiger charge is -2.35. The summed E-state index contributed by atoms with van der Waals surface area (Å²) >= 11 is 13.3. The van der Waals surface area contributed by atoms with E-state index in [0.29, 0.717) is 39.5 Å². The van der Waals surface area contributed by atoms with Crippen molar-refractivity contribution in [2.24, 2.45) is 5.92 Å². The van der Waals surface area contributed by atoms with Crippen LogP contribution in [0.25, 0.3) is 16.6 Å². The van der Waals surface area contributed by atoms with Crippen LogP contribution in [0.15, 0.2) is 49.2 Å². The third-order valence-corrected chi connectivity index (χ3v) is 7.27. The molecule has 0 saturated carbocycles. The normalized spacial score (nSPS) is 14.8. The molecule has 192 valence electrons. The molecule has 0 atom stereocenters. The summed E-state index contributed by atoms with van der Waals surface area (Å²) < 4.78 is 48.3. The van der Waals surface area contributed by atoms with Gasteiger partial charge in [-0.1, -0.05) is 29.8 Å². The Morgan fingerprint density at radius 1 is 1.14 bits per heavy atom. The van der Waals surface area contributed by atoms with Crippen molar-refractivity contribution in [2.75, 3.05) is 20.2 Å². The summed E-state index contributed by atoms with van der Waals surface area (Å²) in [6, 6.07) is 9.50. The molecule has 10 heteroatoms. The highest BCUT2D eigenvalue weighted by molar-refractivity contribution is 6.37. The summed E-state index contributed by atoms with van der Waals surface area (Å²) in [5, 5.41) is 1.55. The van der Waals surface area contributed by atoms with Gasteiger partial charge in [0, 0.05) is 58.5 Å². The van der Waals surface area contributed by atoms with Gasteiger partial charge < -0.3 is 18.9 Å². The number of ether oxygens (including phenoxy) is 2. The highest BCUT2D eigenvalue weighted by Crippen LogP contribution is 2.36. The van der Waals surface area contributed by atoms with Crippen LogP contribution in [0.3, 0.4) is 0 Å². The molecule has 1 saturated heterocycles. The Kier molecular flexibility index (Phi) is 7.76. The Bertz CT molecular complexity index is 1280. The molecule has 1 fully saturated rings. The van der Waals surface area contributed by atoms with Gasteiger partial charge >= 0.3 is 12.3 Å². The van der Waals surface area contributed by atoms with Crippen LogP contribution in [0.4, 0.5) is 13.2 Å². The van der Waals surface area contributed by atoms with Crippen molar-refractivity contribution in [3.63, 3.8) is 0 Å². The largest absolute Gasteiger partial charge is 0.573 e. The number of aromatic nitrogens is 1. The minimum absolute atomic E-state index is 0.195. The van der Waals surface area contributed by atoms with Crippen molar-refractivity contribution < 1.29 is 27.4 Å². The summed E-state index contributed by atoms with van der Waals surface area (Å²) in [5.41, 5.74) is 2.94. The number of fused-ring (bicyclic) bond motifs is 1. The molecule has 3 aromatic rings. The third-order valence-electron chi connectivity index (χ3n) is 6.48. The predicted octanol–water partition coefficient (Wildman–Crippen LogP) is 7.14. The highest BCUT2D eigenvalue weighted by atomic mass is 35.5. The summed E-state index contributed by atoms with van der Waals surface area (Å²) in [6.07, 6.45) is -0.875. The van der Waals surface area contributed by atoms with E-state index < -0.39 is 6.36 Å². The van der Waals surface area contributed by atoms with E-state index in [1.54, 1.807) is 24.4 Å². The summed E-state index contributed by atoms with van der Waals surface area (Å²) in [4.78, 5) is 13.7. The van der Waals surface area contributed by atoms with Crippen LogP contribution in [0.1, 0.15) is 30.4 Å². The first-order valence-electron chi connectivity index (χ1n) is 11.4. The Morgan fingerprint density at radius 3 is 2.53 bits per heavy atom. The first-order chi connectivity index (χ1) is 17.1. The van der Waals surface area contributed by atoms with Crippen LogP contribution >= 0.6 is 23.2 Å². The number of halogens is 5. The molecule has 36 heavy (non-hydrogen) atoms. The van der Waals surface area contributed by atoms with Gasteiger partial charge in [0.1, 0.15) is 5.75 Å². The number of nitrogens with zero attached hydrogens (tertiary/aromatic N) is 2. The Hall–Kier alpha value is -2.84. The summed E-state index contributed by atoms with van der Waals surface area (Å²) in [5.74, 6) is -0.196. The molecule has 0 bridgehead atoms. The van der Waals surface area contributed by atoms with Gasteiger partial charge in [-0.3, -0.25) is 4.79 Å². The zero-order valence-corrected chi connectivity index (χ0v) is 21.1. The molecule has 0 unspecified atom stereocenters. The minimum atomic E-state index is -4.75. The van der Waals surface area contributed by atoms with E-state index in [2.05, 4.69) is 16.2 Å². The van der Waals surface area contributed by atoms with Gasteiger partial charge in [-0.15, -0.1) is 13.2 Å². The number of likely N-dealkylation sites (tertiary alicyclic amines) is 1. The van der Waals surface area contributed by atoms with Crippen molar-refractivity contribution >= 4 is 45.8 Å². The number of rotatable bonds is 7. The first-order valence-corrected chi connectivity index (χ1v) is 12.1. The van der Waals surface area contributed by atoms with Crippen molar-refractivity contribution in [1.82, 2.24) is 9.47 Å². The molecule has 1 aromatic heterocycles. The molecule has 1 aliphatic rings. The molecule has 0 aliphatic carbocycles. The van der Waals surface area contributed by atoms with Crippen molar-refractivity contribution in [2.45, 2.75) is 32.2 Å². The average Bonchev–Trinajstić information content (AvgIpc) is 3.22. The molecule has 0 amide bonds. The van der Waals surface area contributed by atoms with E-state index in [-0.39, 0.29) is 17.6 Å². The second-order valence-electron chi connectivity index (χ2n) is 8.76. The first kappa shape index (κ1) is 26.2. The smallest absolute Gasteiger partial charge is 0.469 e. The highest BCUT2D eigenvalue weighted by Gasteiger charge is 2.31. The topological polar surface area (TPSA) is 43.7 Å². The number of hydrogen-bond acceptors (Lipinski definition) is 4. The molecule has 5 nitrogen and oxygen atoms in total. The fourth-order valence-electron chi connectivity index (χ4n) is 4.55. The molecule has 0 N–H and O–H groups in total. The van der Waals surface area contributed by atoms with Gasteiger partial charge in [-0.25, -0.2) is 0 Å². The van der Waals surface area contributed by atoms with Crippen LogP contribution in [-0.4, -0.2) is 42.0 Å². The van der Waals surface area contributed by atoms with E-state index >= 15 is 0 Å². The van der Waals surface area contributed by atoms with Gasteiger partial charge in [-0.05, 0) is 55.2 Å². The molecular weight excluding hydrogens is 516 g/mol. The number of piperidine rings is 1. The molecule has 0 radical (unpaired) electrons. The van der Waals surface area contributed by atoms with Crippen molar-refractivity contribution in [3.05, 3.63) is 70.3 Å². The lowest BCUT2D eigenvalue weighted by atomic mass is 9.93. The summed E-state index contributed by atoms with van der Waals surface area (Å²) in [7, 11) is 1.40. The lowest BCUT2D eigenvalue weighted by Crippen LogP contribution is -2.33. The Morgan fingerprint density at radius 2 is 1.86 bits per heavy atom. The lowest BCUT2D eigenvalue weighted by molar-refractivity contribution is -0.274. The zero-order valence-electron chi connectivity index (χ0n) is 19.6. The van der Waals surface area contributed by atoms with Crippen molar-refractivity contribution in [3.8, 4) is 5.75 Å². The van der Waals surface area contributed by atoms with E-state index in [1.165, 1.54) is 19.2 Å².